The lowest BCUT2D eigenvalue weighted by molar-refractivity contribution is -0.118. The van der Waals surface area contributed by atoms with Crippen molar-refractivity contribution in [2.75, 3.05) is 6.61 Å². The molecule has 0 radical (unpaired) electrons. The van der Waals surface area contributed by atoms with Gasteiger partial charge in [0.2, 0.25) is 5.78 Å². The predicted octanol–water partition coefficient (Wildman–Crippen LogP) is 2.55. The molecule has 156 valence electrons. The van der Waals surface area contributed by atoms with E-state index in [1.807, 2.05) is 0 Å². The molecule has 30 heavy (non-hydrogen) atoms. The number of Topliss-reactive ketones (excluding diaryl/α,β-unsaturated/α-hetero) is 1. The first-order chi connectivity index (χ1) is 14.0. The number of allylic oxidation sites excluding steroid dienone is 1. The number of nitriles is 1. The van der Waals surface area contributed by atoms with Gasteiger partial charge in [-0.3, -0.25) is 4.79 Å². The molecule has 0 unspecified atom stereocenters. The third-order valence-electron chi connectivity index (χ3n) is 4.03. The SMILES string of the molecule is C/C(N)=C(/C#N)C(=O)COC(=O)c1ccc(OS(=O)(=O)c2cc(C)ccc2C)cc1. The Morgan fingerprint density at radius 2 is 1.73 bits per heavy atom. The Bertz CT molecular complexity index is 1150. The number of esters is 1. The van der Waals surface area contributed by atoms with Crippen LogP contribution in [0, 0.1) is 25.2 Å². The minimum Gasteiger partial charge on any atom is -0.454 e. The molecule has 2 aromatic rings. The van der Waals surface area contributed by atoms with Gasteiger partial charge in [-0.25, -0.2) is 4.79 Å². The smallest absolute Gasteiger partial charge is 0.339 e. The van der Waals surface area contributed by atoms with Crippen molar-refractivity contribution in [3.05, 3.63) is 70.4 Å². The van der Waals surface area contributed by atoms with Gasteiger partial charge in [0.25, 0.3) is 0 Å². The molecule has 2 rings (SSSR count). The maximum absolute atomic E-state index is 12.5. The quantitative estimate of drug-likeness (QED) is 0.307. The lowest BCUT2D eigenvalue weighted by Crippen LogP contribution is -2.17. The second-order valence-electron chi connectivity index (χ2n) is 6.50. The van der Waals surface area contributed by atoms with Crippen LogP contribution in [0.25, 0.3) is 0 Å². The second-order valence-corrected chi connectivity index (χ2v) is 8.01. The standard InChI is InChI=1S/C21H20N2O6S/c1-13-4-5-14(2)20(10-13)30(26,27)29-17-8-6-16(7-9-17)21(25)28-12-19(24)18(11-22)15(3)23/h4-10H,12,23H2,1-3H3/b18-15+. The summed E-state index contributed by atoms with van der Waals surface area (Å²) < 4.78 is 35.1. The third-order valence-corrected chi connectivity index (χ3v) is 5.42. The summed E-state index contributed by atoms with van der Waals surface area (Å²) >= 11 is 0. The first-order valence-electron chi connectivity index (χ1n) is 8.73. The van der Waals surface area contributed by atoms with Gasteiger partial charge in [-0.1, -0.05) is 12.1 Å². The number of ketones is 1. The van der Waals surface area contributed by atoms with E-state index in [4.69, 9.17) is 19.9 Å². The zero-order valence-corrected chi connectivity index (χ0v) is 17.4. The summed E-state index contributed by atoms with van der Waals surface area (Å²) in [4.78, 5) is 23.9. The summed E-state index contributed by atoms with van der Waals surface area (Å²) in [5, 5.41) is 8.87. The Balaban J connectivity index is 2.09. The van der Waals surface area contributed by atoms with Crippen molar-refractivity contribution in [3.63, 3.8) is 0 Å². The monoisotopic (exact) mass is 428 g/mol. The van der Waals surface area contributed by atoms with E-state index in [1.165, 1.54) is 37.3 Å². The highest BCUT2D eigenvalue weighted by Gasteiger charge is 2.20. The average molecular weight is 428 g/mol. The van der Waals surface area contributed by atoms with Gasteiger partial charge in [0.15, 0.2) is 6.61 Å². The number of carbonyl (C=O) groups excluding carboxylic acids is 2. The van der Waals surface area contributed by atoms with Crippen LogP contribution < -0.4 is 9.92 Å². The van der Waals surface area contributed by atoms with E-state index in [9.17, 15) is 18.0 Å². The number of hydrogen-bond donors (Lipinski definition) is 1. The summed E-state index contributed by atoms with van der Waals surface area (Å²) in [5.41, 5.74) is 6.58. The van der Waals surface area contributed by atoms with Crippen LogP contribution in [0.3, 0.4) is 0 Å². The topological polar surface area (TPSA) is 137 Å². The van der Waals surface area contributed by atoms with Crippen LogP contribution in [0.2, 0.25) is 0 Å². The Labute approximate surface area is 174 Å². The molecule has 0 atom stereocenters. The van der Waals surface area contributed by atoms with Gasteiger partial charge in [-0.15, -0.1) is 0 Å². The molecule has 0 saturated carbocycles. The van der Waals surface area contributed by atoms with Gasteiger partial charge >= 0.3 is 16.1 Å². The van der Waals surface area contributed by atoms with Crippen LogP contribution in [-0.2, 0) is 19.6 Å². The molecular weight excluding hydrogens is 408 g/mol. The number of carbonyl (C=O) groups is 2. The Morgan fingerprint density at radius 1 is 1.10 bits per heavy atom. The lowest BCUT2D eigenvalue weighted by atomic mass is 10.1. The summed E-state index contributed by atoms with van der Waals surface area (Å²) in [6.07, 6.45) is 0. The van der Waals surface area contributed by atoms with Crippen LogP contribution in [0.5, 0.6) is 5.75 Å². The number of hydrogen-bond acceptors (Lipinski definition) is 8. The van der Waals surface area contributed by atoms with Crippen LogP contribution >= 0.6 is 0 Å². The molecule has 0 heterocycles. The number of nitrogens with two attached hydrogens (primary N) is 1. The second kappa shape index (κ2) is 9.24. The van der Waals surface area contributed by atoms with Crippen molar-refractivity contribution in [3.8, 4) is 11.8 Å². The number of rotatable bonds is 7. The van der Waals surface area contributed by atoms with Crippen LogP contribution in [-0.4, -0.2) is 26.8 Å². The van der Waals surface area contributed by atoms with Crippen LogP contribution in [0.1, 0.15) is 28.4 Å². The van der Waals surface area contributed by atoms with E-state index in [-0.39, 0.29) is 27.5 Å². The van der Waals surface area contributed by atoms with Crippen molar-refractivity contribution in [2.45, 2.75) is 25.7 Å². The van der Waals surface area contributed by atoms with Gasteiger partial charge in [0, 0.05) is 5.70 Å². The first-order valence-corrected chi connectivity index (χ1v) is 10.1. The van der Waals surface area contributed by atoms with Crippen molar-refractivity contribution in [2.24, 2.45) is 5.73 Å². The van der Waals surface area contributed by atoms with Gasteiger partial charge in [0.05, 0.1) is 5.56 Å². The highest BCUT2D eigenvalue weighted by Crippen LogP contribution is 2.23. The Kier molecular flexibility index (Phi) is 6.97. The zero-order chi connectivity index (χ0) is 22.5. The van der Waals surface area contributed by atoms with Crippen molar-refractivity contribution >= 4 is 21.9 Å². The molecule has 2 N–H and O–H groups in total. The molecule has 0 amide bonds. The van der Waals surface area contributed by atoms with E-state index < -0.39 is 28.5 Å². The fourth-order valence-corrected chi connectivity index (χ4v) is 3.70. The first kappa shape index (κ1) is 22.6. The third kappa shape index (κ3) is 5.46. The van der Waals surface area contributed by atoms with Crippen LogP contribution in [0.4, 0.5) is 0 Å². The largest absolute Gasteiger partial charge is 0.454 e. The van der Waals surface area contributed by atoms with Gasteiger partial charge < -0.3 is 14.7 Å². The Hall–Kier alpha value is -3.64. The number of nitrogens with zero attached hydrogens (tertiary/aromatic N) is 1. The maximum Gasteiger partial charge on any atom is 0.339 e. The highest BCUT2D eigenvalue weighted by atomic mass is 32.2. The highest BCUT2D eigenvalue weighted by molar-refractivity contribution is 7.87. The zero-order valence-electron chi connectivity index (χ0n) is 16.6. The fourth-order valence-electron chi connectivity index (χ4n) is 2.45. The molecule has 0 spiro atoms. The molecule has 0 aliphatic carbocycles. The predicted molar refractivity (Wildman–Crippen MR) is 108 cm³/mol. The van der Waals surface area contributed by atoms with E-state index in [0.29, 0.717) is 5.56 Å². The molecular formula is C21H20N2O6S. The Morgan fingerprint density at radius 3 is 2.30 bits per heavy atom. The maximum atomic E-state index is 12.5. The summed E-state index contributed by atoms with van der Waals surface area (Å²) in [7, 11) is -4.05. The average Bonchev–Trinajstić information content (AvgIpc) is 2.68. The molecule has 0 fully saturated rings. The van der Waals surface area contributed by atoms with Crippen LogP contribution in [0.15, 0.2) is 58.6 Å². The molecule has 8 nitrogen and oxygen atoms in total. The minimum atomic E-state index is -4.05. The van der Waals surface area contributed by atoms with Crippen molar-refractivity contribution in [1.82, 2.24) is 0 Å². The molecule has 0 bridgehead atoms. The number of aryl methyl sites for hydroxylation is 2. The summed E-state index contributed by atoms with van der Waals surface area (Å²) in [5.74, 6) is -1.53. The van der Waals surface area contributed by atoms with Gasteiger partial charge in [-0.2, -0.15) is 13.7 Å². The molecule has 0 aliphatic heterocycles. The summed E-state index contributed by atoms with van der Waals surface area (Å²) in [6.45, 7) is 4.18. The molecule has 0 aromatic heterocycles. The molecule has 0 aliphatic rings. The van der Waals surface area contributed by atoms with Gasteiger partial charge in [0.1, 0.15) is 22.3 Å². The van der Waals surface area contributed by atoms with Crippen molar-refractivity contribution in [1.29, 1.82) is 5.26 Å². The minimum absolute atomic E-state index is 0.0111. The lowest BCUT2D eigenvalue weighted by Gasteiger charge is -2.10. The molecule has 0 saturated heterocycles. The number of benzene rings is 2. The van der Waals surface area contributed by atoms with E-state index in [2.05, 4.69) is 0 Å². The molecule has 2 aromatic carbocycles. The van der Waals surface area contributed by atoms with E-state index >= 15 is 0 Å². The van der Waals surface area contributed by atoms with Gasteiger partial charge in [-0.05, 0) is 62.2 Å². The summed E-state index contributed by atoms with van der Waals surface area (Å²) in [6, 6.07) is 11.8. The molecule has 9 heteroatoms. The fraction of sp³-hybridized carbons (Fsp3) is 0.190. The van der Waals surface area contributed by atoms with Crippen molar-refractivity contribution < 1.29 is 26.9 Å². The van der Waals surface area contributed by atoms with E-state index in [0.717, 1.165) is 5.56 Å². The normalized spacial score (nSPS) is 11.8. The number of ether oxygens (including phenoxy) is 1. The van der Waals surface area contributed by atoms with E-state index in [1.54, 1.807) is 32.0 Å².